The number of benzene rings is 7. The molecule has 0 N–H and O–H groups in total. The van der Waals surface area contributed by atoms with Crippen LogP contribution in [0.2, 0.25) is 0 Å². The summed E-state index contributed by atoms with van der Waals surface area (Å²) < 4.78 is 2.54. The normalized spacial score (nSPS) is 13.0. The molecule has 3 heteroatoms. The summed E-state index contributed by atoms with van der Waals surface area (Å²) in [5.74, 6) is 0.718. The molecule has 50 heavy (non-hydrogen) atoms. The van der Waals surface area contributed by atoms with E-state index in [0.717, 1.165) is 33.9 Å². The van der Waals surface area contributed by atoms with Gasteiger partial charge in [0.15, 0.2) is 5.82 Å². The molecule has 0 spiro atoms. The van der Waals surface area contributed by atoms with Gasteiger partial charge >= 0.3 is 0 Å². The second kappa shape index (κ2) is 11.5. The fraction of sp³-hybridized carbons (Fsp3) is 0.0213. The Morgan fingerprint density at radius 2 is 1.00 bits per heavy atom. The van der Waals surface area contributed by atoms with Gasteiger partial charge < -0.3 is 0 Å². The first-order chi connectivity index (χ1) is 24.8. The number of thiophene rings is 1. The van der Waals surface area contributed by atoms with Crippen molar-refractivity contribution in [1.29, 1.82) is 0 Å². The van der Waals surface area contributed by atoms with Crippen molar-refractivity contribution in [3.63, 3.8) is 0 Å². The Hall–Kier alpha value is -6.16. The van der Waals surface area contributed by atoms with Gasteiger partial charge in [-0.05, 0) is 57.6 Å². The third-order valence-electron chi connectivity index (χ3n) is 10.2. The van der Waals surface area contributed by atoms with Gasteiger partial charge in [-0.1, -0.05) is 158 Å². The molecule has 0 bridgehead atoms. The zero-order valence-electron chi connectivity index (χ0n) is 27.1. The maximum absolute atomic E-state index is 5.29. The van der Waals surface area contributed by atoms with Gasteiger partial charge in [0.1, 0.15) is 0 Å². The number of rotatable bonds is 5. The predicted octanol–water partition coefficient (Wildman–Crippen LogP) is 12.2. The molecule has 7 aromatic carbocycles. The molecule has 0 amide bonds. The van der Waals surface area contributed by atoms with Crippen LogP contribution >= 0.6 is 11.3 Å². The van der Waals surface area contributed by atoms with Crippen LogP contribution in [0.3, 0.4) is 0 Å². The zero-order chi connectivity index (χ0) is 33.1. The topological polar surface area (TPSA) is 25.8 Å². The van der Waals surface area contributed by atoms with Crippen molar-refractivity contribution < 1.29 is 0 Å². The lowest BCUT2D eigenvalue weighted by molar-refractivity contribution is 0.768. The Kier molecular flexibility index (Phi) is 6.61. The number of aromatic nitrogens is 2. The van der Waals surface area contributed by atoms with Crippen LogP contribution in [0, 0.1) is 0 Å². The van der Waals surface area contributed by atoms with E-state index in [2.05, 4.69) is 176 Å². The molecule has 0 aliphatic heterocycles. The van der Waals surface area contributed by atoms with E-state index in [0.29, 0.717) is 0 Å². The third-order valence-corrected chi connectivity index (χ3v) is 11.3. The lowest BCUT2D eigenvalue weighted by atomic mass is 9.67. The van der Waals surface area contributed by atoms with Crippen molar-refractivity contribution in [3.8, 4) is 45.0 Å². The maximum atomic E-state index is 5.29. The van der Waals surface area contributed by atoms with Gasteiger partial charge in [-0.3, -0.25) is 0 Å². The smallest absolute Gasteiger partial charge is 0.160 e. The molecule has 0 fully saturated rings. The lowest BCUT2D eigenvalue weighted by Crippen LogP contribution is -2.28. The van der Waals surface area contributed by atoms with Crippen LogP contribution in [0.25, 0.3) is 65.2 Å². The second-order valence-electron chi connectivity index (χ2n) is 12.9. The van der Waals surface area contributed by atoms with Crippen molar-refractivity contribution in [2.45, 2.75) is 5.41 Å². The van der Waals surface area contributed by atoms with Gasteiger partial charge in [0, 0.05) is 36.9 Å². The highest BCUT2D eigenvalue weighted by Crippen LogP contribution is 2.56. The second-order valence-corrected chi connectivity index (χ2v) is 14.0. The Labute approximate surface area is 295 Å². The Balaban J connectivity index is 1.25. The van der Waals surface area contributed by atoms with Crippen molar-refractivity contribution in [1.82, 2.24) is 9.97 Å². The number of nitrogens with zero attached hydrogens (tertiary/aromatic N) is 2. The number of hydrogen-bond acceptors (Lipinski definition) is 3. The van der Waals surface area contributed by atoms with E-state index in [-0.39, 0.29) is 0 Å². The van der Waals surface area contributed by atoms with E-state index in [1.807, 2.05) is 17.4 Å². The van der Waals surface area contributed by atoms with E-state index >= 15 is 0 Å². The fourth-order valence-electron chi connectivity index (χ4n) is 8.04. The average molecular weight is 655 g/mol. The average Bonchev–Trinajstić information content (AvgIpc) is 3.72. The van der Waals surface area contributed by atoms with Crippen LogP contribution in [0.4, 0.5) is 0 Å². The summed E-state index contributed by atoms with van der Waals surface area (Å²) in [5.41, 5.74) is 12.1. The fourth-order valence-corrected chi connectivity index (χ4v) is 9.17. The maximum Gasteiger partial charge on any atom is 0.160 e. The summed E-state index contributed by atoms with van der Waals surface area (Å²) in [4.78, 5) is 10.5. The van der Waals surface area contributed by atoms with Crippen molar-refractivity contribution >= 4 is 31.5 Å². The van der Waals surface area contributed by atoms with Crippen LogP contribution in [0.1, 0.15) is 22.3 Å². The third kappa shape index (κ3) is 4.34. The highest BCUT2D eigenvalue weighted by atomic mass is 32.1. The molecule has 234 valence electrons. The molecule has 2 nitrogen and oxygen atoms in total. The van der Waals surface area contributed by atoms with Crippen molar-refractivity contribution in [2.75, 3.05) is 0 Å². The van der Waals surface area contributed by atoms with Crippen LogP contribution in [0.15, 0.2) is 182 Å². The molecule has 1 aliphatic carbocycles. The molecule has 9 aromatic rings. The van der Waals surface area contributed by atoms with E-state index < -0.39 is 5.41 Å². The molecular formula is C47H30N2S. The van der Waals surface area contributed by atoms with Crippen LogP contribution < -0.4 is 0 Å². The minimum Gasteiger partial charge on any atom is -0.228 e. The summed E-state index contributed by atoms with van der Waals surface area (Å²) in [6, 6.07) is 65.5. The van der Waals surface area contributed by atoms with Gasteiger partial charge in [-0.2, -0.15) is 0 Å². The van der Waals surface area contributed by atoms with Crippen LogP contribution in [-0.2, 0) is 5.41 Å². The molecular weight excluding hydrogens is 625 g/mol. The minimum absolute atomic E-state index is 0.482. The lowest BCUT2D eigenvalue weighted by Gasteiger charge is -2.34. The van der Waals surface area contributed by atoms with Gasteiger partial charge in [-0.25, -0.2) is 9.97 Å². The van der Waals surface area contributed by atoms with Crippen LogP contribution in [0.5, 0.6) is 0 Å². The van der Waals surface area contributed by atoms with E-state index in [4.69, 9.17) is 9.97 Å². The molecule has 2 aromatic heterocycles. The van der Waals surface area contributed by atoms with Crippen molar-refractivity contribution in [2.24, 2.45) is 0 Å². The number of hydrogen-bond donors (Lipinski definition) is 0. The SMILES string of the molecule is c1ccc(-c2nc(-c3ccc4c(c3)C(c3ccccc3)(c3ccccc3)c3ccccc3-4)cc(-c3cccc4sc5ccccc5c34)n2)cc1. The molecule has 0 unspecified atom stereocenters. The first-order valence-electron chi connectivity index (χ1n) is 17.0. The molecule has 0 saturated carbocycles. The highest BCUT2D eigenvalue weighted by Gasteiger charge is 2.46. The van der Waals surface area contributed by atoms with Crippen molar-refractivity contribution in [3.05, 3.63) is 204 Å². The van der Waals surface area contributed by atoms with Crippen LogP contribution in [-0.4, -0.2) is 9.97 Å². The largest absolute Gasteiger partial charge is 0.228 e. The highest BCUT2D eigenvalue weighted by molar-refractivity contribution is 7.25. The first-order valence-corrected chi connectivity index (χ1v) is 17.8. The Bertz CT molecular complexity index is 2660. The molecule has 0 atom stereocenters. The minimum atomic E-state index is -0.482. The summed E-state index contributed by atoms with van der Waals surface area (Å²) in [5, 5.41) is 2.50. The summed E-state index contributed by atoms with van der Waals surface area (Å²) >= 11 is 1.83. The van der Waals surface area contributed by atoms with Gasteiger partial charge in [-0.15, -0.1) is 11.3 Å². The van der Waals surface area contributed by atoms with Gasteiger partial charge in [0.05, 0.1) is 16.8 Å². The zero-order valence-corrected chi connectivity index (χ0v) is 27.9. The molecule has 1 aliphatic rings. The standard InChI is InChI=1S/C47H30N2S/c1-4-15-31(16-5-1)46-48-41(30-42(49-46)37-23-14-26-44-45(37)38-22-11-13-25-43(38)50-44)32-27-28-36-35-21-10-12-24-39(35)47(40(36)29-32,33-17-6-2-7-18-33)34-19-8-3-9-20-34/h1-30H. The van der Waals surface area contributed by atoms with E-state index in [1.54, 1.807) is 0 Å². The van der Waals surface area contributed by atoms with E-state index in [9.17, 15) is 0 Å². The summed E-state index contributed by atoms with van der Waals surface area (Å²) in [6.07, 6.45) is 0. The van der Waals surface area contributed by atoms with Gasteiger partial charge in [0.25, 0.3) is 0 Å². The molecule has 2 heterocycles. The number of fused-ring (bicyclic) bond motifs is 6. The Morgan fingerprint density at radius 3 is 1.78 bits per heavy atom. The summed E-state index contributed by atoms with van der Waals surface area (Å²) in [7, 11) is 0. The Morgan fingerprint density at radius 1 is 0.400 bits per heavy atom. The molecule has 10 rings (SSSR count). The summed E-state index contributed by atoms with van der Waals surface area (Å²) in [6.45, 7) is 0. The van der Waals surface area contributed by atoms with Gasteiger partial charge in [0.2, 0.25) is 0 Å². The predicted molar refractivity (Wildman–Crippen MR) is 209 cm³/mol. The molecule has 0 saturated heterocycles. The monoisotopic (exact) mass is 654 g/mol. The first kappa shape index (κ1) is 28.8. The quantitative estimate of drug-likeness (QED) is 0.185. The van der Waals surface area contributed by atoms with E-state index in [1.165, 1.54) is 53.6 Å². The molecule has 0 radical (unpaired) electrons.